The van der Waals surface area contributed by atoms with Gasteiger partial charge in [0, 0.05) is 55.7 Å². The summed E-state index contributed by atoms with van der Waals surface area (Å²) in [6.45, 7) is 8.89. The summed E-state index contributed by atoms with van der Waals surface area (Å²) in [7, 11) is -0.559. The second-order valence-corrected chi connectivity index (χ2v) is 19.0. The van der Waals surface area contributed by atoms with Gasteiger partial charge in [0.2, 0.25) is 0 Å². The number of anilines is 3. The third-order valence-electron chi connectivity index (χ3n) is 11.4. The molecule has 0 saturated heterocycles. The van der Waals surface area contributed by atoms with Crippen LogP contribution in [-0.2, 0) is 26.5 Å². The van der Waals surface area contributed by atoms with Crippen LogP contribution in [0.5, 0.6) is 11.5 Å². The van der Waals surface area contributed by atoms with Crippen molar-refractivity contribution in [1.29, 1.82) is 0 Å². The Morgan fingerprint density at radius 3 is 2.15 bits per heavy atom. The van der Waals surface area contributed by atoms with Gasteiger partial charge in [-0.05, 0) is 74.4 Å². The molecule has 266 valence electrons. The summed E-state index contributed by atoms with van der Waals surface area (Å²) in [6, 6.07) is 53.7. The summed E-state index contributed by atoms with van der Waals surface area (Å²) < 4.78 is 8.96. The van der Waals surface area contributed by atoms with E-state index < -0.39 is 8.07 Å². The molecule has 6 aromatic carbocycles. The molecule has 0 bridgehead atoms. The molecule has 7 heteroatoms. The van der Waals surface area contributed by atoms with E-state index in [1.807, 2.05) is 12.3 Å². The average Bonchev–Trinajstić information content (AvgIpc) is 3.80. The molecule has 11 rings (SSSR count). The van der Waals surface area contributed by atoms with Crippen LogP contribution in [0.1, 0.15) is 26.3 Å². The number of rotatable bonds is 3. The first kappa shape index (κ1) is 33.2. The summed E-state index contributed by atoms with van der Waals surface area (Å²) in [5.74, 6) is 2.16. The summed E-state index contributed by atoms with van der Waals surface area (Å²) >= 11 is 0. The normalized spacial score (nSPS) is 14.5. The van der Waals surface area contributed by atoms with E-state index >= 15 is 0 Å². The van der Waals surface area contributed by atoms with Crippen LogP contribution in [0.4, 0.5) is 17.1 Å². The zero-order valence-corrected chi connectivity index (χ0v) is 33.6. The quantitative estimate of drug-likeness (QED) is 0.132. The van der Waals surface area contributed by atoms with Gasteiger partial charge in [-0.25, -0.2) is 4.98 Å². The molecular weight excluding hydrogens is 860 g/mol. The Morgan fingerprint density at radius 1 is 0.685 bits per heavy atom. The van der Waals surface area contributed by atoms with Gasteiger partial charge in [-0.3, -0.25) is 0 Å². The maximum atomic E-state index is 6.75. The van der Waals surface area contributed by atoms with Crippen LogP contribution in [0.25, 0.3) is 38.8 Å². The Morgan fingerprint density at radius 2 is 1.37 bits per heavy atom. The second kappa shape index (κ2) is 11.8. The van der Waals surface area contributed by atoms with E-state index in [0.29, 0.717) is 11.5 Å². The number of para-hydroxylation sites is 2. The Hall–Kier alpha value is -5.42. The van der Waals surface area contributed by atoms with Gasteiger partial charge in [-0.1, -0.05) is 111 Å². The number of ether oxygens (including phenoxy) is 1. The largest absolute Gasteiger partial charge is 0.509 e. The van der Waals surface area contributed by atoms with Gasteiger partial charge >= 0.3 is 0 Å². The van der Waals surface area contributed by atoms with Crippen LogP contribution in [0, 0.1) is 18.8 Å². The smallest absolute Gasteiger partial charge is 0.135 e. The first-order valence-corrected chi connectivity index (χ1v) is 20.2. The van der Waals surface area contributed by atoms with Gasteiger partial charge in [-0.15, -0.1) is 34.8 Å². The maximum Gasteiger partial charge on any atom is 0.135 e. The number of benzene rings is 6. The van der Waals surface area contributed by atoms with Crippen molar-refractivity contribution < 1.29 is 25.8 Å². The van der Waals surface area contributed by atoms with E-state index in [1.54, 1.807) is 0 Å². The van der Waals surface area contributed by atoms with E-state index in [-0.39, 0.29) is 26.5 Å². The van der Waals surface area contributed by atoms with Crippen LogP contribution in [0.3, 0.4) is 0 Å². The molecule has 54 heavy (non-hydrogen) atoms. The first-order chi connectivity index (χ1) is 25.8. The van der Waals surface area contributed by atoms with Crippen molar-refractivity contribution >= 4 is 67.7 Å². The van der Waals surface area contributed by atoms with Gasteiger partial charge in [0.1, 0.15) is 13.9 Å². The molecule has 0 radical (unpaired) electrons. The van der Waals surface area contributed by atoms with Gasteiger partial charge < -0.3 is 19.1 Å². The van der Waals surface area contributed by atoms with Crippen LogP contribution in [0.15, 0.2) is 134 Å². The minimum atomic E-state index is -2.69. The molecule has 0 aliphatic carbocycles. The zero-order valence-electron chi connectivity index (χ0n) is 30.3. The van der Waals surface area contributed by atoms with Crippen molar-refractivity contribution in [2.45, 2.75) is 26.2 Å². The van der Waals surface area contributed by atoms with Gasteiger partial charge in [-0.2, -0.15) is 18.8 Å². The molecule has 0 saturated carbocycles. The number of aromatic nitrogens is 2. The van der Waals surface area contributed by atoms with Crippen LogP contribution in [-0.4, -0.2) is 24.7 Å². The molecule has 5 heterocycles. The van der Waals surface area contributed by atoms with E-state index in [0.717, 1.165) is 33.3 Å². The maximum absolute atomic E-state index is 6.75. The second-order valence-electron chi connectivity index (χ2n) is 15.4. The number of hydrogen-bond donors (Lipinski definition) is 0. The van der Waals surface area contributed by atoms with Crippen molar-refractivity contribution in [3.05, 3.63) is 158 Å². The predicted molar refractivity (Wildman–Crippen MR) is 219 cm³/mol. The van der Waals surface area contributed by atoms with Crippen molar-refractivity contribution in [2.75, 3.05) is 16.8 Å². The van der Waals surface area contributed by atoms with Gasteiger partial charge in [0.25, 0.3) is 0 Å². The third-order valence-corrected chi connectivity index (χ3v) is 16.4. The molecule has 3 aliphatic rings. The molecule has 0 N–H and O–H groups in total. The molecule has 5 nitrogen and oxygen atoms in total. The fourth-order valence-corrected chi connectivity index (χ4v) is 14.6. The SMILES string of the molecule is CN1[CH-]N2c3[c-]c(Oc4[c-]c5c(cc4)c4ccccc4n5-c4cc(C(C)(C)C)ccn4)ccc3[Si]3(c4ccccc4-c4ccccc43)c3cccc1c32.[Pt]. The molecule has 1 spiro atoms. The topological polar surface area (TPSA) is 33.5 Å². The van der Waals surface area contributed by atoms with Gasteiger partial charge in [0.15, 0.2) is 0 Å². The molecule has 0 atom stereocenters. The minimum Gasteiger partial charge on any atom is -0.509 e. The van der Waals surface area contributed by atoms with E-state index in [9.17, 15) is 0 Å². The van der Waals surface area contributed by atoms with E-state index in [1.165, 1.54) is 48.8 Å². The van der Waals surface area contributed by atoms with Crippen LogP contribution in [0.2, 0.25) is 0 Å². The molecular formula is C47H35N4OPtSi-3. The number of fused-ring (bicyclic) bond motifs is 12. The molecule has 8 aromatic rings. The van der Waals surface area contributed by atoms with Gasteiger partial charge in [0.05, 0.1) is 0 Å². The Bertz CT molecular complexity index is 2790. The molecule has 0 fully saturated rings. The third kappa shape index (κ3) is 4.44. The average molecular weight is 895 g/mol. The molecule has 3 aliphatic heterocycles. The number of nitrogens with zero attached hydrogens (tertiary/aromatic N) is 4. The summed E-state index contributed by atoms with van der Waals surface area (Å²) in [4.78, 5) is 9.41. The fourth-order valence-electron chi connectivity index (χ4n) is 9.11. The van der Waals surface area contributed by atoms with Crippen LogP contribution < -0.4 is 35.3 Å². The minimum absolute atomic E-state index is 0. The monoisotopic (exact) mass is 894 g/mol. The molecule has 0 amide bonds. The van der Waals surface area contributed by atoms with E-state index in [4.69, 9.17) is 9.72 Å². The molecule has 0 unspecified atom stereocenters. The van der Waals surface area contributed by atoms with Crippen LogP contribution >= 0.6 is 0 Å². The standard InChI is InChI=1S/C47H35N4OSi.Pt/c1-47(2,3)30-24-25-48-45(26-30)51-37-15-8-5-12-33(37)34-22-20-31(27-39(34)51)52-32-21-23-43-40(28-32)50-29-49(4)38-16-11-19-44(46(38)50)53(43)41-17-9-6-13-35(41)36-14-7-10-18-42(36)53;/h5-26,29H,1-4H3;/q-3;. The summed E-state index contributed by atoms with van der Waals surface area (Å²) in [6.07, 6.45) is 1.91. The van der Waals surface area contributed by atoms with Crippen molar-refractivity contribution in [3.63, 3.8) is 0 Å². The van der Waals surface area contributed by atoms with Crippen molar-refractivity contribution in [1.82, 2.24) is 9.55 Å². The fraction of sp³-hybridized carbons (Fsp3) is 0.106. The Labute approximate surface area is 330 Å². The number of pyridine rings is 1. The number of hydrogen-bond acceptors (Lipinski definition) is 4. The van der Waals surface area contributed by atoms with E-state index in [2.05, 4.69) is 182 Å². The molecule has 2 aromatic heterocycles. The Balaban J connectivity index is 0.00000361. The first-order valence-electron chi connectivity index (χ1n) is 18.2. The summed E-state index contributed by atoms with van der Waals surface area (Å²) in [5.41, 5.74) is 9.41. The zero-order chi connectivity index (χ0) is 35.6. The predicted octanol–water partition coefficient (Wildman–Crippen LogP) is 8.24. The summed E-state index contributed by atoms with van der Waals surface area (Å²) in [5, 5.41) is 7.87. The Kier molecular flexibility index (Phi) is 7.24. The van der Waals surface area contributed by atoms with Crippen molar-refractivity contribution in [3.8, 4) is 28.4 Å². The van der Waals surface area contributed by atoms with Crippen molar-refractivity contribution in [2.24, 2.45) is 0 Å².